The van der Waals surface area contributed by atoms with E-state index < -0.39 is 0 Å². The highest BCUT2D eigenvalue weighted by molar-refractivity contribution is 5.78. The van der Waals surface area contributed by atoms with Gasteiger partial charge in [-0.3, -0.25) is 4.98 Å². The van der Waals surface area contributed by atoms with Crippen molar-refractivity contribution in [1.29, 1.82) is 0 Å². The van der Waals surface area contributed by atoms with E-state index in [1.165, 1.54) is 5.56 Å². The molecule has 0 spiro atoms. The summed E-state index contributed by atoms with van der Waals surface area (Å²) in [5, 5.41) is 3.45. The molecule has 0 aliphatic rings. The number of aromatic nitrogens is 2. The second-order valence-corrected chi connectivity index (χ2v) is 5.36. The van der Waals surface area contributed by atoms with Crippen LogP contribution in [0.1, 0.15) is 5.56 Å². The van der Waals surface area contributed by atoms with E-state index >= 15 is 0 Å². The normalized spacial score (nSPS) is 11.8. The molecule has 0 atom stereocenters. The largest absolute Gasteiger partial charge is 0.314 e. The smallest absolute Gasteiger partial charge is 0.0874 e. The summed E-state index contributed by atoms with van der Waals surface area (Å²) < 4.78 is 2.17. The Labute approximate surface area is 119 Å². The van der Waals surface area contributed by atoms with Crippen molar-refractivity contribution in [2.75, 3.05) is 27.2 Å². The van der Waals surface area contributed by atoms with Gasteiger partial charge in [0.25, 0.3) is 0 Å². The number of fused-ring (bicyclic) bond motifs is 3. The van der Waals surface area contributed by atoms with Crippen LogP contribution in [-0.2, 0) is 6.54 Å². The van der Waals surface area contributed by atoms with Crippen molar-refractivity contribution < 1.29 is 0 Å². The van der Waals surface area contributed by atoms with Crippen molar-refractivity contribution in [3.63, 3.8) is 0 Å². The first-order chi connectivity index (χ1) is 9.74. The maximum atomic E-state index is 4.54. The average Bonchev–Trinajstić information content (AvgIpc) is 2.92. The molecule has 1 N–H and O–H groups in total. The molecule has 0 bridgehead atoms. The van der Waals surface area contributed by atoms with E-state index in [1.54, 1.807) is 0 Å². The first-order valence-electron chi connectivity index (χ1n) is 6.94. The highest BCUT2D eigenvalue weighted by Gasteiger charge is 2.02. The van der Waals surface area contributed by atoms with Crippen molar-refractivity contribution >= 4 is 16.6 Å². The van der Waals surface area contributed by atoms with Gasteiger partial charge >= 0.3 is 0 Å². The van der Waals surface area contributed by atoms with Crippen LogP contribution in [0.3, 0.4) is 0 Å². The molecule has 20 heavy (non-hydrogen) atoms. The van der Waals surface area contributed by atoms with Gasteiger partial charge in [-0.15, -0.1) is 0 Å². The fourth-order valence-corrected chi connectivity index (χ4v) is 2.38. The van der Waals surface area contributed by atoms with E-state index in [1.807, 2.05) is 12.3 Å². The maximum absolute atomic E-state index is 4.54. The van der Waals surface area contributed by atoms with E-state index in [2.05, 4.69) is 64.2 Å². The third-order valence-electron chi connectivity index (χ3n) is 3.48. The number of likely N-dealkylation sites (N-methyl/N-ethyl adjacent to an activating group) is 1. The van der Waals surface area contributed by atoms with Gasteiger partial charge in [0.1, 0.15) is 0 Å². The Kier molecular flexibility index (Phi) is 3.67. The zero-order chi connectivity index (χ0) is 13.9. The molecule has 3 aromatic rings. The molecule has 0 aliphatic heterocycles. The molecule has 0 aliphatic carbocycles. The Balaban J connectivity index is 1.78. The molecule has 2 aromatic heterocycles. The van der Waals surface area contributed by atoms with Gasteiger partial charge in [-0.1, -0.05) is 6.07 Å². The van der Waals surface area contributed by atoms with E-state index in [9.17, 15) is 0 Å². The predicted octanol–water partition coefficient (Wildman–Crippen LogP) is 2.14. The van der Waals surface area contributed by atoms with Crippen LogP contribution in [0.25, 0.3) is 16.6 Å². The van der Waals surface area contributed by atoms with Crippen molar-refractivity contribution in [2.45, 2.75) is 6.54 Å². The Morgan fingerprint density at radius 2 is 2.15 bits per heavy atom. The van der Waals surface area contributed by atoms with Crippen LogP contribution >= 0.6 is 0 Å². The lowest BCUT2D eigenvalue weighted by Gasteiger charge is -2.11. The quantitative estimate of drug-likeness (QED) is 0.720. The minimum Gasteiger partial charge on any atom is -0.314 e. The Bertz CT molecular complexity index is 715. The minimum atomic E-state index is 0.884. The van der Waals surface area contributed by atoms with Gasteiger partial charge in [-0.25, -0.2) is 0 Å². The first kappa shape index (κ1) is 13.1. The molecular formula is C16H20N4. The molecule has 4 heteroatoms. The molecule has 2 heterocycles. The molecule has 4 nitrogen and oxygen atoms in total. The van der Waals surface area contributed by atoms with E-state index in [0.29, 0.717) is 0 Å². The molecule has 0 radical (unpaired) electrons. The van der Waals surface area contributed by atoms with Gasteiger partial charge in [0, 0.05) is 25.8 Å². The minimum absolute atomic E-state index is 0.884. The third-order valence-corrected chi connectivity index (χ3v) is 3.48. The van der Waals surface area contributed by atoms with E-state index in [4.69, 9.17) is 0 Å². The fourth-order valence-electron chi connectivity index (χ4n) is 2.38. The summed E-state index contributed by atoms with van der Waals surface area (Å²) >= 11 is 0. The Morgan fingerprint density at radius 3 is 3.00 bits per heavy atom. The number of hydrogen-bond acceptors (Lipinski definition) is 3. The molecule has 0 saturated heterocycles. The number of hydrogen-bond donors (Lipinski definition) is 1. The van der Waals surface area contributed by atoms with Gasteiger partial charge in [0.15, 0.2) is 0 Å². The number of benzene rings is 1. The monoisotopic (exact) mass is 268 g/mol. The summed E-state index contributed by atoms with van der Waals surface area (Å²) in [5.74, 6) is 0. The summed E-state index contributed by atoms with van der Waals surface area (Å²) in [6, 6.07) is 10.6. The van der Waals surface area contributed by atoms with Crippen LogP contribution < -0.4 is 5.32 Å². The van der Waals surface area contributed by atoms with Crippen LogP contribution in [0.5, 0.6) is 0 Å². The fraction of sp³-hybridized carbons (Fsp3) is 0.312. The second-order valence-electron chi connectivity index (χ2n) is 5.36. The number of rotatable bonds is 5. The molecular weight excluding hydrogens is 248 g/mol. The lowest BCUT2D eigenvalue weighted by Crippen LogP contribution is -2.26. The Hall–Kier alpha value is -1.91. The van der Waals surface area contributed by atoms with E-state index in [0.717, 1.165) is 36.2 Å². The molecule has 3 rings (SSSR count). The predicted molar refractivity (Wildman–Crippen MR) is 83.0 cm³/mol. The molecule has 104 valence electrons. The van der Waals surface area contributed by atoms with Crippen LogP contribution in [0.15, 0.2) is 42.7 Å². The molecule has 0 unspecified atom stereocenters. The van der Waals surface area contributed by atoms with Crippen LogP contribution in [-0.4, -0.2) is 41.5 Å². The average molecular weight is 268 g/mol. The summed E-state index contributed by atoms with van der Waals surface area (Å²) in [5.41, 5.74) is 4.61. The number of nitrogens with zero attached hydrogens (tertiary/aromatic N) is 3. The molecule has 1 aromatic carbocycles. The van der Waals surface area contributed by atoms with Gasteiger partial charge in [-0.05, 0) is 43.9 Å². The highest BCUT2D eigenvalue weighted by Crippen LogP contribution is 2.16. The topological polar surface area (TPSA) is 32.6 Å². The SMILES string of the molecule is CN(C)CCNCc1ccc2c(c1)ncc1cccn12. The van der Waals surface area contributed by atoms with Crippen molar-refractivity contribution in [3.05, 3.63) is 48.3 Å². The zero-order valence-corrected chi connectivity index (χ0v) is 12.0. The standard InChI is InChI=1S/C16H20N4/c1-19(2)9-7-17-11-13-5-6-16-15(10-13)18-12-14-4-3-8-20(14)16/h3-6,8,10,12,17H,7,9,11H2,1-2H3. The van der Waals surface area contributed by atoms with Gasteiger partial charge in [0.2, 0.25) is 0 Å². The summed E-state index contributed by atoms with van der Waals surface area (Å²) in [4.78, 5) is 6.72. The Morgan fingerprint density at radius 1 is 1.25 bits per heavy atom. The molecule has 0 fully saturated rings. The van der Waals surface area contributed by atoms with Gasteiger partial charge in [-0.2, -0.15) is 0 Å². The van der Waals surface area contributed by atoms with Crippen LogP contribution in [0, 0.1) is 0 Å². The first-order valence-corrected chi connectivity index (χ1v) is 6.94. The van der Waals surface area contributed by atoms with Gasteiger partial charge < -0.3 is 14.6 Å². The van der Waals surface area contributed by atoms with Gasteiger partial charge in [0.05, 0.1) is 22.7 Å². The number of nitrogens with one attached hydrogen (secondary N) is 1. The summed E-state index contributed by atoms with van der Waals surface area (Å²) in [7, 11) is 4.17. The van der Waals surface area contributed by atoms with Crippen molar-refractivity contribution in [2.24, 2.45) is 0 Å². The van der Waals surface area contributed by atoms with E-state index in [-0.39, 0.29) is 0 Å². The lowest BCUT2D eigenvalue weighted by molar-refractivity contribution is 0.400. The third kappa shape index (κ3) is 2.66. The zero-order valence-electron chi connectivity index (χ0n) is 12.0. The van der Waals surface area contributed by atoms with Crippen molar-refractivity contribution in [1.82, 2.24) is 19.6 Å². The van der Waals surface area contributed by atoms with Crippen molar-refractivity contribution in [3.8, 4) is 0 Å². The van der Waals surface area contributed by atoms with Crippen LogP contribution in [0.4, 0.5) is 0 Å². The second kappa shape index (κ2) is 5.61. The maximum Gasteiger partial charge on any atom is 0.0874 e. The lowest BCUT2D eigenvalue weighted by atomic mass is 10.2. The highest BCUT2D eigenvalue weighted by atomic mass is 15.1. The summed E-state index contributed by atoms with van der Waals surface area (Å²) in [6.45, 7) is 2.93. The molecule has 0 amide bonds. The molecule has 0 saturated carbocycles. The summed E-state index contributed by atoms with van der Waals surface area (Å²) in [6.07, 6.45) is 4.00. The van der Waals surface area contributed by atoms with Crippen LogP contribution in [0.2, 0.25) is 0 Å².